The van der Waals surface area contributed by atoms with Gasteiger partial charge in [-0.25, -0.2) is 0 Å². The standard InChI is InChI=1S/C50H74N14O10/c1-29(2)25-36(61-47(72)38(27-31-15-7-4-8-16-31)62-44(69)33-20-21-41(66)57-33)45(70)63-37(26-30-13-5-3-6-14-30)46(71)59-34(17-9-10-22-51)49(74)64-24-12-19-39(64)48(73)58-32(18-11-23-56-50(54)55)43(68)60-35(42(53)67)28-40(52)65/h3-8,13-16,29,32-39H,9-12,17-28,51H2,1-2H3,(H2,52,65)(H2,53,67)(H,57,66)(H,58,73)(H,59,71)(H,60,68)(H,61,72)(H,62,69)(H,63,70)(H4,54,55,56)/t32-,33-,34-,35-,36-,37-,38-,39-/m0/s1. The lowest BCUT2D eigenvalue weighted by Crippen LogP contribution is -2.60. The Hall–Kier alpha value is -7.63. The van der Waals surface area contributed by atoms with Crippen molar-refractivity contribution in [2.24, 2.45) is 39.6 Å². The Balaban J connectivity index is 1.58. The normalized spacial score (nSPS) is 17.5. The summed E-state index contributed by atoms with van der Waals surface area (Å²) in [5, 5.41) is 18.9. The van der Waals surface area contributed by atoms with Crippen LogP contribution in [0.1, 0.15) is 95.6 Å². The van der Waals surface area contributed by atoms with E-state index in [1.165, 1.54) is 4.90 Å². The molecule has 404 valence electrons. The van der Waals surface area contributed by atoms with Crippen molar-refractivity contribution in [2.45, 2.75) is 146 Å². The highest BCUT2D eigenvalue weighted by Gasteiger charge is 2.40. The van der Waals surface area contributed by atoms with E-state index in [1.807, 2.05) is 13.8 Å². The van der Waals surface area contributed by atoms with Gasteiger partial charge in [0.05, 0.1) is 6.42 Å². The predicted molar refractivity (Wildman–Crippen MR) is 273 cm³/mol. The third-order valence-electron chi connectivity index (χ3n) is 12.5. The summed E-state index contributed by atoms with van der Waals surface area (Å²) in [7, 11) is 0. The number of nitrogens with zero attached hydrogens (tertiary/aromatic N) is 2. The Morgan fingerprint density at radius 1 is 0.649 bits per heavy atom. The lowest BCUT2D eigenvalue weighted by atomic mass is 9.99. The van der Waals surface area contributed by atoms with Crippen molar-refractivity contribution in [2.75, 3.05) is 19.6 Å². The molecule has 0 unspecified atom stereocenters. The van der Waals surface area contributed by atoms with Crippen LogP contribution in [0.3, 0.4) is 0 Å². The summed E-state index contributed by atoms with van der Waals surface area (Å²) in [6.45, 7) is 4.19. The fraction of sp³-hybridized carbons (Fsp3) is 0.540. The molecule has 2 heterocycles. The first kappa shape index (κ1) is 58.9. The van der Waals surface area contributed by atoms with E-state index in [1.54, 1.807) is 60.7 Å². The third kappa shape index (κ3) is 19.4. The topological polar surface area (TPSA) is 401 Å². The lowest BCUT2D eigenvalue weighted by Gasteiger charge is -2.31. The summed E-state index contributed by atoms with van der Waals surface area (Å²) in [6, 6.07) is 8.26. The van der Waals surface area contributed by atoms with Crippen molar-refractivity contribution in [1.29, 1.82) is 0 Å². The molecular weight excluding hydrogens is 957 g/mol. The van der Waals surface area contributed by atoms with Crippen LogP contribution >= 0.6 is 0 Å². The fourth-order valence-corrected chi connectivity index (χ4v) is 8.71. The first-order valence-corrected chi connectivity index (χ1v) is 25.1. The Kier molecular flexibility index (Phi) is 23.7. The van der Waals surface area contributed by atoms with Crippen molar-refractivity contribution < 1.29 is 47.9 Å². The quantitative estimate of drug-likeness (QED) is 0.0215. The number of primary amides is 2. The molecule has 0 spiro atoms. The molecule has 0 aromatic heterocycles. The minimum absolute atomic E-state index is 0.0261. The SMILES string of the molecule is CC(C)C[C@H](NC(=O)[C@H](Cc1ccccc1)NC(=O)[C@@H]1CCC(=O)N1)C(=O)N[C@@H](Cc1ccccc1)C(=O)N[C@@H](CCCCN)C(=O)N1CCC[C@H]1C(=O)N[C@@H](CCCN=C(N)N)C(=O)N[C@@H](CC(N)=O)C(N)=O. The van der Waals surface area contributed by atoms with Crippen molar-refractivity contribution in [3.05, 3.63) is 71.8 Å². The largest absolute Gasteiger partial charge is 0.370 e. The molecule has 2 aromatic rings. The number of rotatable bonds is 30. The summed E-state index contributed by atoms with van der Waals surface area (Å²) >= 11 is 0. The molecule has 2 saturated heterocycles. The molecular formula is C50H74N14O10. The summed E-state index contributed by atoms with van der Waals surface area (Å²) in [5.74, 6) is -7.37. The van der Waals surface area contributed by atoms with Crippen LogP contribution in [-0.4, -0.2) is 138 Å². The molecule has 2 aliphatic rings. The maximum absolute atomic E-state index is 14.6. The van der Waals surface area contributed by atoms with Gasteiger partial charge in [-0.1, -0.05) is 74.5 Å². The van der Waals surface area contributed by atoms with Crippen LogP contribution in [0.5, 0.6) is 0 Å². The molecule has 24 heteroatoms. The van der Waals surface area contributed by atoms with Gasteiger partial charge >= 0.3 is 0 Å². The van der Waals surface area contributed by atoms with Gasteiger partial charge in [0.25, 0.3) is 0 Å². The van der Waals surface area contributed by atoms with Crippen LogP contribution in [-0.2, 0) is 60.8 Å². The number of unbranched alkanes of at least 4 members (excludes halogenated alkanes) is 1. The second kappa shape index (κ2) is 29.8. The van der Waals surface area contributed by atoms with Crippen molar-refractivity contribution >= 4 is 65.0 Å². The smallest absolute Gasteiger partial charge is 0.245 e. The third-order valence-corrected chi connectivity index (χ3v) is 12.5. The van der Waals surface area contributed by atoms with Gasteiger partial charge in [-0.15, -0.1) is 0 Å². The van der Waals surface area contributed by atoms with Crippen molar-refractivity contribution in [3.63, 3.8) is 0 Å². The van der Waals surface area contributed by atoms with E-state index in [9.17, 15) is 47.9 Å². The lowest BCUT2D eigenvalue weighted by molar-refractivity contribution is -0.142. The van der Waals surface area contributed by atoms with Crippen LogP contribution in [0, 0.1) is 5.92 Å². The van der Waals surface area contributed by atoms with Gasteiger partial charge in [-0.3, -0.25) is 52.9 Å². The molecule has 10 amide bonds. The van der Waals surface area contributed by atoms with E-state index < -0.39 is 108 Å². The van der Waals surface area contributed by atoms with Crippen molar-refractivity contribution in [3.8, 4) is 0 Å². The number of nitrogens with two attached hydrogens (primary N) is 5. The molecule has 17 N–H and O–H groups in total. The molecule has 2 aliphatic heterocycles. The van der Waals surface area contributed by atoms with Gasteiger partial charge in [-0.2, -0.15) is 0 Å². The highest BCUT2D eigenvalue weighted by molar-refractivity contribution is 5.99. The zero-order valence-electron chi connectivity index (χ0n) is 42.1. The van der Waals surface area contributed by atoms with E-state index in [-0.39, 0.29) is 95.2 Å². The zero-order chi connectivity index (χ0) is 54.3. The van der Waals surface area contributed by atoms with Gasteiger partial charge < -0.3 is 70.8 Å². The number of aliphatic imine (C=N–C) groups is 1. The zero-order valence-corrected chi connectivity index (χ0v) is 42.1. The molecule has 4 rings (SSSR count). The number of likely N-dealkylation sites (tertiary alicyclic amines) is 1. The van der Waals surface area contributed by atoms with Gasteiger partial charge in [0, 0.05) is 32.4 Å². The Morgan fingerprint density at radius 2 is 1.18 bits per heavy atom. The van der Waals surface area contributed by atoms with Gasteiger partial charge in [-0.05, 0) is 81.4 Å². The average molecular weight is 1030 g/mol. The first-order valence-electron chi connectivity index (χ1n) is 25.1. The minimum Gasteiger partial charge on any atom is -0.370 e. The van der Waals surface area contributed by atoms with Crippen LogP contribution in [0.4, 0.5) is 0 Å². The van der Waals surface area contributed by atoms with E-state index in [0.717, 1.165) is 5.56 Å². The van der Waals surface area contributed by atoms with Crippen molar-refractivity contribution in [1.82, 2.24) is 42.1 Å². The number of hydrogen-bond donors (Lipinski definition) is 12. The number of hydrogen-bond acceptors (Lipinski definition) is 12. The number of carbonyl (C=O) groups excluding carboxylic acids is 10. The van der Waals surface area contributed by atoms with E-state index in [0.29, 0.717) is 24.8 Å². The summed E-state index contributed by atoms with van der Waals surface area (Å²) in [4.78, 5) is 140. The molecule has 74 heavy (non-hydrogen) atoms. The second-order valence-electron chi connectivity index (χ2n) is 19.0. The van der Waals surface area contributed by atoms with Crippen LogP contribution < -0.4 is 65.9 Å². The summed E-state index contributed by atoms with van der Waals surface area (Å²) in [5.41, 5.74) is 28.8. The minimum atomic E-state index is -1.47. The van der Waals surface area contributed by atoms with Gasteiger partial charge in [0.2, 0.25) is 59.1 Å². The Labute approximate surface area is 430 Å². The molecule has 2 aromatic carbocycles. The first-order chi connectivity index (χ1) is 35.3. The molecule has 8 atom stereocenters. The molecule has 0 radical (unpaired) electrons. The molecule has 0 saturated carbocycles. The van der Waals surface area contributed by atoms with E-state index in [2.05, 4.69) is 42.2 Å². The summed E-state index contributed by atoms with van der Waals surface area (Å²) < 4.78 is 0. The molecule has 2 fully saturated rings. The molecule has 0 bridgehead atoms. The fourth-order valence-electron chi connectivity index (χ4n) is 8.71. The van der Waals surface area contributed by atoms with Crippen LogP contribution in [0.25, 0.3) is 0 Å². The van der Waals surface area contributed by atoms with E-state index in [4.69, 9.17) is 28.7 Å². The van der Waals surface area contributed by atoms with Crippen LogP contribution in [0.2, 0.25) is 0 Å². The predicted octanol–water partition coefficient (Wildman–Crippen LogP) is -2.76. The van der Waals surface area contributed by atoms with Gasteiger partial charge in [0.15, 0.2) is 5.96 Å². The maximum atomic E-state index is 14.6. The summed E-state index contributed by atoms with van der Waals surface area (Å²) in [6.07, 6.45) is 1.74. The van der Waals surface area contributed by atoms with E-state index >= 15 is 0 Å². The second-order valence-corrected chi connectivity index (χ2v) is 19.0. The Bertz CT molecular complexity index is 2300. The van der Waals surface area contributed by atoms with Crippen LogP contribution in [0.15, 0.2) is 65.7 Å². The number of amides is 10. The highest BCUT2D eigenvalue weighted by atomic mass is 16.2. The Morgan fingerprint density at radius 3 is 1.72 bits per heavy atom. The molecule has 24 nitrogen and oxygen atoms in total. The average Bonchev–Trinajstić information content (AvgIpc) is 4.03. The number of guanidine groups is 1. The maximum Gasteiger partial charge on any atom is 0.245 e. The monoisotopic (exact) mass is 1030 g/mol. The number of nitrogens with one attached hydrogen (secondary N) is 7. The molecule has 0 aliphatic carbocycles. The highest BCUT2D eigenvalue weighted by Crippen LogP contribution is 2.21. The number of carbonyl (C=O) groups is 10. The van der Waals surface area contributed by atoms with Gasteiger partial charge in [0.1, 0.15) is 48.3 Å². The number of benzene rings is 2.